The van der Waals surface area contributed by atoms with Crippen molar-refractivity contribution in [3.05, 3.63) is 46.2 Å². The lowest BCUT2D eigenvalue weighted by atomic mass is 9.94. The van der Waals surface area contributed by atoms with Gasteiger partial charge in [0.1, 0.15) is 11.9 Å². The lowest BCUT2D eigenvalue weighted by Gasteiger charge is -2.33. The molecule has 8 heteroatoms. The summed E-state index contributed by atoms with van der Waals surface area (Å²) in [7, 11) is 3.11. The molecule has 168 valence electrons. The largest absolute Gasteiger partial charge is 0.493 e. The van der Waals surface area contributed by atoms with E-state index in [2.05, 4.69) is 5.32 Å². The molecule has 2 amide bonds. The van der Waals surface area contributed by atoms with Crippen molar-refractivity contribution in [2.75, 3.05) is 20.1 Å². The highest BCUT2D eigenvalue weighted by Gasteiger charge is 2.33. The van der Waals surface area contributed by atoms with Crippen LogP contribution in [0.2, 0.25) is 0 Å². The maximum absolute atomic E-state index is 13.5. The van der Waals surface area contributed by atoms with Crippen molar-refractivity contribution in [3.8, 4) is 11.5 Å². The van der Waals surface area contributed by atoms with Gasteiger partial charge in [-0.25, -0.2) is 0 Å². The van der Waals surface area contributed by atoms with Gasteiger partial charge in [0.25, 0.3) is 0 Å². The van der Waals surface area contributed by atoms with E-state index in [1.807, 2.05) is 17.5 Å². The first-order chi connectivity index (χ1) is 15.1. The molecule has 3 rings (SSSR count). The monoisotopic (exact) mass is 464 g/mol. The van der Waals surface area contributed by atoms with Gasteiger partial charge in [-0.15, -0.1) is 22.9 Å². The van der Waals surface area contributed by atoms with Gasteiger partial charge in [0.05, 0.1) is 20.8 Å². The fourth-order valence-corrected chi connectivity index (χ4v) is 4.85. The van der Waals surface area contributed by atoms with Crippen LogP contribution in [-0.4, -0.2) is 42.9 Å². The molecule has 0 radical (unpaired) electrons. The highest BCUT2D eigenvalue weighted by atomic mass is 35.5. The molecular formula is C23H29ClN2O4S. The van der Waals surface area contributed by atoms with E-state index >= 15 is 0 Å². The smallest absolute Gasteiger partial charge is 0.247 e. The van der Waals surface area contributed by atoms with E-state index in [-0.39, 0.29) is 23.7 Å². The van der Waals surface area contributed by atoms with Crippen molar-refractivity contribution in [1.29, 1.82) is 0 Å². The van der Waals surface area contributed by atoms with Crippen molar-refractivity contribution < 1.29 is 19.1 Å². The Kier molecular flexibility index (Phi) is 8.60. The van der Waals surface area contributed by atoms with Gasteiger partial charge in [-0.1, -0.05) is 31.4 Å². The number of amides is 2. The quantitative estimate of drug-likeness (QED) is 0.554. The third kappa shape index (κ3) is 5.92. The Morgan fingerprint density at radius 3 is 2.52 bits per heavy atom. The van der Waals surface area contributed by atoms with Gasteiger partial charge < -0.3 is 19.7 Å². The standard InChI is InChI=1S/C23H29ClN2O4S/c1-29-19-11-10-16(13-20(19)30-2)22(23(28)25-17-7-4-3-5-8-17)26(21(27)14-24)15-18-9-6-12-31-18/h6,9-13,17,22H,3-5,7-8,14-15H2,1-2H3,(H,25,28). The summed E-state index contributed by atoms with van der Waals surface area (Å²) in [6.45, 7) is 0.306. The SMILES string of the molecule is COc1ccc(C(C(=O)NC2CCCCC2)N(Cc2cccs2)C(=O)CCl)cc1OC. The Bertz CT molecular complexity index is 868. The Morgan fingerprint density at radius 2 is 1.90 bits per heavy atom. The number of nitrogens with one attached hydrogen (secondary N) is 1. The Balaban J connectivity index is 1.98. The van der Waals surface area contributed by atoms with Crippen LogP contribution in [0.4, 0.5) is 0 Å². The predicted molar refractivity (Wildman–Crippen MR) is 123 cm³/mol. The van der Waals surface area contributed by atoms with Gasteiger partial charge in [-0.3, -0.25) is 9.59 Å². The van der Waals surface area contributed by atoms with Crippen LogP contribution in [0.5, 0.6) is 11.5 Å². The van der Waals surface area contributed by atoms with Crippen molar-refractivity contribution in [3.63, 3.8) is 0 Å². The second kappa shape index (κ2) is 11.4. The summed E-state index contributed by atoms with van der Waals surface area (Å²) < 4.78 is 10.8. The maximum atomic E-state index is 13.5. The van der Waals surface area contributed by atoms with Crippen LogP contribution in [0, 0.1) is 0 Å². The van der Waals surface area contributed by atoms with Crippen LogP contribution in [0.1, 0.15) is 48.6 Å². The number of hydrogen-bond acceptors (Lipinski definition) is 5. The van der Waals surface area contributed by atoms with Gasteiger partial charge in [-0.05, 0) is 42.0 Å². The van der Waals surface area contributed by atoms with Crippen LogP contribution in [0.25, 0.3) is 0 Å². The summed E-state index contributed by atoms with van der Waals surface area (Å²) in [4.78, 5) is 29.0. The van der Waals surface area contributed by atoms with Crippen molar-refractivity contribution in [2.24, 2.45) is 0 Å². The summed E-state index contributed by atoms with van der Waals surface area (Å²) >= 11 is 7.50. The van der Waals surface area contributed by atoms with E-state index in [1.54, 1.807) is 37.3 Å². The van der Waals surface area contributed by atoms with Crippen LogP contribution in [0.3, 0.4) is 0 Å². The van der Waals surface area contributed by atoms with Crippen LogP contribution < -0.4 is 14.8 Å². The highest BCUT2D eigenvalue weighted by Crippen LogP contribution is 2.33. The Morgan fingerprint density at radius 1 is 1.16 bits per heavy atom. The summed E-state index contributed by atoms with van der Waals surface area (Å²) in [5, 5.41) is 5.13. The fraction of sp³-hybridized carbons (Fsp3) is 0.478. The number of benzene rings is 1. The molecule has 0 saturated heterocycles. The lowest BCUT2D eigenvalue weighted by Crippen LogP contribution is -2.47. The average molecular weight is 465 g/mol. The molecule has 0 aliphatic heterocycles. The number of halogens is 1. The van der Waals surface area contributed by atoms with Crippen molar-refractivity contribution in [1.82, 2.24) is 10.2 Å². The zero-order valence-electron chi connectivity index (χ0n) is 17.9. The minimum absolute atomic E-state index is 0.124. The van der Waals surface area contributed by atoms with Gasteiger partial charge in [0.2, 0.25) is 11.8 Å². The van der Waals surface area contributed by atoms with Gasteiger partial charge >= 0.3 is 0 Å². The normalized spacial score (nSPS) is 15.2. The summed E-state index contributed by atoms with van der Waals surface area (Å²) in [5.74, 6) is 0.366. The molecular weight excluding hydrogens is 436 g/mol. The number of alkyl halides is 1. The minimum atomic E-state index is -0.824. The molecule has 1 unspecified atom stereocenters. The van der Waals surface area contributed by atoms with Gasteiger partial charge in [-0.2, -0.15) is 0 Å². The molecule has 1 aliphatic rings. The zero-order valence-corrected chi connectivity index (χ0v) is 19.5. The van der Waals surface area contributed by atoms with Crippen molar-refractivity contribution >= 4 is 34.8 Å². The minimum Gasteiger partial charge on any atom is -0.493 e. The first-order valence-corrected chi connectivity index (χ1v) is 11.9. The number of thiophene rings is 1. The van der Waals surface area contributed by atoms with Crippen LogP contribution in [0.15, 0.2) is 35.7 Å². The molecule has 2 aromatic rings. The molecule has 1 aromatic carbocycles. The Labute approximate surface area is 192 Å². The van der Waals surface area contributed by atoms with E-state index < -0.39 is 6.04 Å². The molecule has 1 N–H and O–H groups in total. The van der Waals surface area contributed by atoms with Crippen molar-refractivity contribution in [2.45, 2.75) is 50.7 Å². The molecule has 6 nitrogen and oxygen atoms in total. The van der Waals surface area contributed by atoms with E-state index in [4.69, 9.17) is 21.1 Å². The molecule has 31 heavy (non-hydrogen) atoms. The third-order valence-corrected chi connectivity index (χ3v) is 6.67. The second-order valence-electron chi connectivity index (χ2n) is 7.60. The van der Waals surface area contributed by atoms with E-state index in [0.29, 0.717) is 23.6 Å². The molecule has 0 bridgehead atoms. The number of hydrogen-bond donors (Lipinski definition) is 1. The first kappa shape index (κ1) is 23.4. The number of carbonyl (C=O) groups excluding carboxylic acids is 2. The molecule has 1 aliphatic carbocycles. The second-order valence-corrected chi connectivity index (χ2v) is 8.89. The fourth-order valence-electron chi connectivity index (χ4n) is 3.99. The molecule has 1 saturated carbocycles. The summed E-state index contributed by atoms with van der Waals surface area (Å²) in [6.07, 6.45) is 5.31. The first-order valence-electron chi connectivity index (χ1n) is 10.5. The summed E-state index contributed by atoms with van der Waals surface area (Å²) in [5.41, 5.74) is 0.654. The zero-order chi connectivity index (χ0) is 22.2. The maximum Gasteiger partial charge on any atom is 0.247 e. The third-order valence-electron chi connectivity index (χ3n) is 5.58. The molecule has 1 heterocycles. The summed E-state index contributed by atoms with van der Waals surface area (Å²) in [6, 6.07) is 8.49. The number of rotatable bonds is 9. The van der Waals surface area contributed by atoms with Gasteiger partial charge in [0.15, 0.2) is 11.5 Å². The van der Waals surface area contributed by atoms with E-state index in [1.165, 1.54) is 17.8 Å². The average Bonchev–Trinajstić information content (AvgIpc) is 3.31. The molecule has 0 spiro atoms. The molecule has 1 fully saturated rings. The number of methoxy groups -OCH3 is 2. The molecule has 1 atom stereocenters. The van der Waals surface area contributed by atoms with Gasteiger partial charge in [0, 0.05) is 10.9 Å². The predicted octanol–water partition coefficient (Wildman–Crippen LogP) is 4.52. The number of nitrogens with zero attached hydrogens (tertiary/aromatic N) is 1. The topological polar surface area (TPSA) is 67.9 Å². The molecule has 1 aromatic heterocycles. The number of ether oxygens (including phenoxy) is 2. The number of carbonyl (C=O) groups is 2. The van der Waals surface area contributed by atoms with Crippen LogP contribution >= 0.6 is 22.9 Å². The lowest BCUT2D eigenvalue weighted by molar-refractivity contribution is -0.140. The van der Waals surface area contributed by atoms with E-state index in [0.717, 1.165) is 30.6 Å². The van der Waals surface area contributed by atoms with Crippen LogP contribution in [-0.2, 0) is 16.1 Å². The Hall–Kier alpha value is -2.25. The highest BCUT2D eigenvalue weighted by molar-refractivity contribution is 7.09. The van der Waals surface area contributed by atoms with E-state index in [9.17, 15) is 9.59 Å².